The number of nitrogens with one attached hydrogen (secondary N) is 3. The SMILES string of the molecule is COC(=O)c1ccc(O)cc1C=O.O=C1NC(c2c(CO)[nH]c3ccc(Cl)cc23)c2cc(O)ccc21.OCc1cc2cc(Cl)ccc2[nH]1. The maximum atomic E-state index is 12.2. The second-order valence-electron chi connectivity index (χ2n) is 10.6. The van der Waals surface area contributed by atoms with Crippen LogP contribution in [0.4, 0.5) is 0 Å². The van der Waals surface area contributed by atoms with E-state index in [0.29, 0.717) is 33.2 Å². The molecule has 1 atom stereocenters. The van der Waals surface area contributed by atoms with Crippen LogP contribution < -0.4 is 5.32 Å². The molecule has 0 saturated heterocycles. The summed E-state index contributed by atoms with van der Waals surface area (Å²) in [5.41, 5.74) is 5.50. The van der Waals surface area contributed by atoms with Crippen molar-refractivity contribution in [3.63, 3.8) is 0 Å². The van der Waals surface area contributed by atoms with Gasteiger partial charge in [-0.3, -0.25) is 9.59 Å². The summed E-state index contributed by atoms with van der Waals surface area (Å²) >= 11 is 11.9. The maximum Gasteiger partial charge on any atom is 0.338 e. The summed E-state index contributed by atoms with van der Waals surface area (Å²) in [7, 11) is 1.23. The highest BCUT2D eigenvalue weighted by Crippen LogP contribution is 2.39. The lowest BCUT2D eigenvalue weighted by atomic mass is 9.95. The van der Waals surface area contributed by atoms with Crippen LogP contribution in [0.3, 0.4) is 0 Å². The zero-order chi connectivity index (χ0) is 34.5. The van der Waals surface area contributed by atoms with Gasteiger partial charge < -0.3 is 40.4 Å². The molecule has 0 bridgehead atoms. The van der Waals surface area contributed by atoms with Crippen molar-refractivity contribution in [2.24, 2.45) is 0 Å². The number of aromatic hydroxyl groups is 2. The number of aliphatic hydroxyl groups excluding tert-OH is 2. The van der Waals surface area contributed by atoms with Gasteiger partial charge in [0.25, 0.3) is 5.91 Å². The van der Waals surface area contributed by atoms with Crippen LogP contribution in [0.25, 0.3) is 21.8 Å². The number of carbonyl (C=O) groups is 3. The Morgan fingerprint density at radius 1 is 0.854 bits per heavy atom. The molecule has 0 spiro atoms. The Hall–Kier alpha value is -5.33. The van der Waals surface area contributed by atoms with Gasteiger partial charge in [0, 0.05) is 59.9 Å². The van der Waals surface area contributed by atoms with Gasteiger partial charge in [0.05, 0.1) is 31.9 Å². The monoisotopic (exact) mass is 689 g/mol. The van der Waals surface area contributed by atoms with Crippen LogP contribution in [-0.2, 0) is 18.0 Å². The largest absolute Gasteiger partial charge is 0.508 e. The highest BCUT2D eigenvalue weighted by molar-refractivity contribution is 6.31. The number of phenolic OH excluding ortho intramolecular Hbond substituents is 2. The van der Waals surface area contributed by atoms with E-state index in [4.69, 9.17) is 33.4 Å². The molecule has 7 rings (SSSR count). The Morgan fingerprint density at radius 3 is 2.23 bits per heavy atom. The summed E-state index contributed by atoms with van der Waals surface area (Å²) in [5, 5.41) is 43.4. The van der Waals surface area contributed by atoms with Crippen LogP contribution in [-0.4, -0.2) is 55.7 Å². The molecule has 0 fully saturated rings. The molecule has 7 N–H and O–H groups in total. The first-order valence-electron chi connectivity index (χ1n) is 14.4. The second-order valence-corrected chi connectivity index (χ2v) is 11.5. The Balaban J connectivity index is 0.000000154. The van der Waals surface area contributed by atoms with E-state index in [1.54, 1.807) is 24.3 Å². The predicted molar refractivity (Wildman–Crippen MR) is 181 cm³/mol. The average molecular weight is 691 g/mol. The Bertz CT molecular complexity index is 2160. The van der Waals surface area contributed by atoms with Gasteiger partial charge in [0.2, 0.25) is 0 Å². The van der Waals surface area contributed by atoms with Crippen molar-refractivity contribution < 1.29 is 39.5 Å². The number of methoxy groups -OCH3 is 1. The van der Waals surface area contributed by atoms with Gasteiger partial charge in [0.15, 0.2) is 6.29 Å². The lowest BCUT2D eigenvalue weighted by molar-refractivity contribution is 0.0598. The summed E-state index contributed by atoms with van der Waals surface area (Å²) in [4.78, 5) is 39.9. The molecule has 0 radical (unpaired) electrons. The minimum absolute atomic E-state index is 0.0340. The predicted octanol–water partition coefficient (Wildman–Crippen LogP) is 6.16. The number of aromatic nitrogens is 2. The fourth-order valence-electron chi connectivity index (χ4n) is 5.40. The highest BCUT2D eigenvalue weighted by Gasteiger charge is 2.33. The van der Waals surface area contributed by atoms with E-state index in [9.17, 15) is 24.6 Å². The van der Waals surface area contributed by atoms with Crippen LogP contribution in [0.15, 0.2) is 78.9 Å². The smallest absolute Gasteiger partial charge is 0.338 e. The van der Waals surface area contributed by atoms with Crippen LogP contribution in [0.5, 0.6) is 11.5 Å². The summed E-state index contributed by atoms with van der Waals surface area (Å²) in [6.07, 6.45) is 0.492. The number of benzene rings is 4. The molecule has 1 unspecified atom stereocenters. The first-order valence-corrected chi connectivity index (χ1v) is 15.1. The van der Waals surface area contributed by atoms with E-state index in [2.05, 4.69) is 20.0 Å². The number of ether oxygens (including phenoxy) is 1. The quantitative estimate of drug-likeness (QED) is 0.0829. The number of rotatable bonds is 5. The first-order chi connectivity index (χ1) is 23.1. The van der Waals surface area contributed by atoms with Crippen molar-refractivity contribution in [1.82, 2.24) is 15.3 Å². The van der Waals surface area contributed by atoms with Gasteiger partial charge in [-0.1, -0.05) is 23.2 Å². The molecule has 1 amide bonds. The zero-order valence-corrected chi connectivity index (χ0v) is 26.8. The number of aliphatic hydroxyl groups is 2. The number of aldehydes is 1. The van der Waals surface area contributed by atoms with Gasteiger partial charge in [-0.05, 0) is 84.4 Å². The van der Waals surface area contributed by atoms with Gasteiger partial charge >= 0.3 is 5.97 Å². The van der Waals surface area contributed by atoms with Crippen LogP contribution >= 0.6 is 23.2 Å². The van der Waals surface area contributed by atoms with E-state index in [1.807, 2.05) is 30.3 Å². The van der Waals surface area contributed by atoms with Gasteiger partial charge in [0.1, 0.15) is 11.5 Å². The third-order valence-corrected chi connectivity index (χ3v) is 8.04. The normalized spacial score (nSPS) is 13.2. The third kappa shape index (κ3) is 7.14. The summed E-state index contributed by atoms with van der Waals surface area (Å²) < 4.78 is 4.44. The standard InChI is InChI=1S/C17H13ClN2O3.C9H8ClNO.C9H8O4/c18-8-1-4-13-12(5-8)15(14(7-21)19-13)16-11-6-9(22)2-3-10(11)17(23)20-16;10-7-1-2-9-6(3-7)4-8(5-12)11-9;1-13-9(12)8-3-2-7(11)4-6(8)5-10/h1-6,16,19,21-22H,7H2,(H,20,23);1-4,11-12H,5H2;2-5,11H,1H3. The van der Waals surface area contributed by atoms with Crippen molar-refractivity contribution in [1.29, 1.82) is 0 Å². The number of fused-ring (bicyclic) bond motifs is 3. The molecule has 11 nitrogen and oxygen atoms in total. The van der Waals surface area contributed by atoms with Gasteiger partial charge in [-0.25, -0.2) is 4.79 Å². The van der Waals surface area contributed by atoms with Crippen LogP contribution in [0, 0.1) is 0 Å². The topological polar surface area (TPSA) is 185 Å². The molecule has 6 aromatic rings. The van der Waals surface area contributed by atoms with Crippen LogP contribution in [0.2, 0.25) is 10.0 Å². The third-order valence-electron chi connectivity index (χ3n) is 7.57. The molecule has 1 aliphatic heterocycles. The van der Waals surface area contributed by atoms with Crippen molar-refractivity contribution in [2.45, 2.75) is 19.3 Å². The van der Waals surface area contributed by atoms with Crippen molar-refractivity contribution in [2.75, 3.05) is 7.11 Å². The Labute approximate surface area is 283 Å². The van der Waals surface area contributed by atoms with E-state index in [0.717, 1.165) is 33.1 Å². The molecule has 0 aliphatic carbocycles. The second kappa shape index (κ2) is 14.6. The van der Waals surface area contributed by atoms with Gasteiger partial charge in [-0.2, -0.15) is 0 Å². The zero-order valence-electron chi connectivity index (χ0n) is 25.3. The molecular formula is C35H29Cl2N3O8. The number of phenols is 2. The fourth-order valence-corrected chi connectivity index (χ4v) is 5.75. The molecule has 4 aromatic carbocycles. The molecule has 3 heterocycles. The fraction of sp³-hybridized carbons (Fsp3) is 0.114. The van der Waals surface area contributed by atoms with Crippen LogP contribution in [0.1, 0.15) is 59.6 Å². The molecule has 13 heteroatoms. The van der Waals surface area contributed by atoms with E-state index < -0.39 is 12.0 Å². The summed E-state index contributed by atoms with van der Waals surface area (Å²) in [6.45, 7) is -0.158. The van der Waals surface area contributed by atoms with E-state index in [-0.39, 0.29) is 41.7 Å². The van der Waals surface area contributed by atoms with Gasteiger partial charge in [-0.15, -0.1) is 0 Å². The molecular weight excluding hydrogens is 661 g/mol. The van der Waals surface area contributed by atoms with Crippen molar-refractivity contribution >= 4 is 63.2 Å². The molecule has 0 saturated carbocycles. The number of aromatic amines is 2. The summed E-state index contributed by atoms with van der Waals surface area (Å²) in [6, 6.07) is 20.9. The number of hydrogen-bond donors (Lipinski definition) is 7. The molecule has 246 valence electrons. The number of carbonyl (C=O) groups excluding carboxylic acids is 3. The van der Waals surface area contributed by atoms with E-state index >= 15 is 0 Å². The molecule has 2 aromatic heterocycles. The van der Waals surface area contributed by atoms with E-state index in [1.165, 1.54) is 31.4 Å². The average Bonchev–Trinajstić information content (AvgIpc) is 3.76. The minimum atomic E-state index is -0.595. The molecule has 1 aliphatic rings. The number of esters is 1. The number of amides is 1. The maximum absolute atomic E-state index is 12.2. The molecule has 48 heavy (non-hydrogen) atoms. The minimum Gasteiger partial charge on any atom is -0.508 e. The Morgan fingerprint density at radius 2 is 1.54 bits per heavy atom. The highest BCUT2D eigenvalue weighted by atomic mass is 35.5. The number of hydrogen-bond acceptors (Lipinski definition) is 8. The number of halogens is 2. The lowest BCUT2D eigenvalue weighted by Gasteiger charge is -2.13. The van der Waals surface area contributed by atoms with Crippen molar-refractivity contribution in [3.05, 3.63) is 128 Å². The lowest BCUT2D eigenvalue weighted by Crippen LogP contribution is -2.20. The van der Waals surface area contributed by atoms with Crippen molar-refractivity contribution in [3.8, 4) is 11.5 Å². The Kier molecular flexibility index (Phi) is 10.4. The number of H-pyrrole nitrogens is 2. The first kappa shape index (κ1) is 34.0. The summed E-state index contributed by atoms with van der Waals surface area (Å²) in [5.74, 6) is -0.768.